The predicted octanol–water partition coefficient (Wildman–Crippen LogP) is 3.71. The Labute approximate surface area is 148 Å². The second-order valence-electron chi connectivity index (χ2n) is 6.78. The molecular weight excluding hydrogens is 310 g/mol. The van der Waals surface area contributed by atoms with Gasteiger partial charge in [-0.15, -0.1) is 0 Å². The normalized spacial score (nSPS) is 11.2. The van der Waals surface area contributed by atoms with E-state index in [9.17, 15) is 4.79 Å². The average Bonchev–Trinajstić information content (AvgIpc) is 2.94. The molecule has 0 spiro atoms. The highest BCUT2D eigenvalue weighted by Gasteiger charge is 2.12. The number of amides is 1. The SMILES string of the molecule is Cc1ccc(Cn2c(CCNC(=O)C(C)C)nc3ccccc32)cc1. The van der Waals surface area contributed by atoms with Gasteiger partial charge in [0.1, 0.15) is 5.82 Å². The van der Waals surface area contributed by atoms with E-state index in [0.717, 1.165) is 29.8 Å². The lowest BCUT2D eigenvalue weighted by atomic mass is 10.1. The predicted molar refractivity (Wildman–Crippen MR) is 102 cm³/mol. The number of rotatable bonds is 6. The van der Waals surface area contributed by atoms with Gasteiger partial charge in [0, 0.05) is 25.4 Å². The van der Waals surface area contributed by atoms with E-state index in [1.54, 1.807) is 0 Å². The Morgan fingerprint density at radius 1 is 1.12 bits per heavy atom. The molecule has 1 heterocycles. The fourth-order valence-corrected chi connectivity index (χ4v) is 2.87. The number of carbonyl (C=O) groups is 1. The van der Waals surface area contributed by atoms with E-state index in [4.69, 9.17) is 4.98 Å². The van der Waals surface area contributed by atoms with Crippen LogP contribution in [0.1, 0.15) is 30.8 Å². The minimum atomic E-state index is 0.00590. The molecule has 0 bridgehead atoms. The maximum atomic E-state index is 11.8. The summed E-state index contributed by atoms with van der Waals surface area (Å²) in [6, 6.07) is 16.8. The van der Waals surface area contributed by atoms with Gasteiger partial charge in [-0.1, -0.05) is 55.8 Å². The van der Waals surface area contributed by atoms with Gasteiger partial charge >= 0.3 is 0 Å². The summed E-state index contributed by atoms with van der Waals surface area (Å²) in [5.41, 5.74) is 4.64. The number of fused-ring (bicyclic) bond motifs is 1. The Balaban J connectivity index is 1.84. The molecule has 0 unspecified atom stereocenters. The van der Waals surface area contributed by atoms with Crippen LogP contribution in [0.2, 0.25) is 0 Å². The zero-order valence-electron chi connectivity index (χ0n) is 15.1. The second-order valence-corrected chi connectivity index (χ2v) is 6.78. The maximum Gasteiger partial charge on any atom is 0.222 e. The molecule has 0 aliphatic rings. The molecule has 0 atom stereocenters. The monoisotopic (exact) mass is 335 g/mol. The Morgan fingerprint density at radius 3 is 2.56 bits per heavy atom. The van der Waals surface area contributed by atoms with Crippen molar-refractivity contribution in [2.45, 2.75) is 33.7 Å². The quantitative estimate of drug-likeness (QED) is 0.746. The van der Waals surface area contributed by atoms with E-state index in [0.29, 0.717) is 6.54 Å². The van der Waals surface area contributed by atoms with Crippen LogP contribution < -0.4 is 5.32 Å². The van der Waals surface area contributed by atoms with Gasteiger partial charge < -0.3 is 9.88 Å². The Hall–Kier alpha value is -2.62. The lowest BCUT2D eigenvalue weighted by Gasteiger charge is -2.11. The van der Waals surface area contributed by atoms with Gasteiger partial charge in [-0.2, -0.15) is 0 Å². The summed E-state index contributed by atoms with van der Waals surface area (Å²) in [5, 5.41) is 2.98. The molecule has 0 saturated heterocycles. The number of aryl methyl sites for hydroxylation is 1. The van der Waals surface area contributed by atoms with Crippen LogP contribution in [0.5, 0.6) is 0 Å². The van der Waals surface area contributed by atoms with Crippen molar-refractivity contribution in [1.29, 1.82) is 0 Å². The van der Waals surface area contributed by atoms with Crippen LogP contribution in [-0.2, 0) is 17.8 Å². The molecular formula is C21H25N3O. The molecule has 3 aromatic rings. The molecule has 1 amide bonds. The number of benzene rings is 2. The molecule has 4 heteroatoms. The summed E-state index contributed by atoms with van der Waals surface area (Å²) in [6.07, 6.45) is 0.721. The zero-order chi connectivity index (χ0) is 17.8. The number of nitrogens with zero attached hydrogens (tertiary/aromatic N) is 2. The first-order valence-electron chi connectivity index (χ1n) is 8.82. The van der Waals surface area contributed by atoms with Crippen LogP contribution in [0, 0.1) is 12.8 Å². The number of hydrogen-bond acceptors (Lipinski definition) is 2. The fraction of sp³-hybridized carbons (Fsp3) is 0.333. The standard InChI is InChI=1S/C21H25N3O/c1-15(2)21(25)22-13-12-20-23-18-6-4-5-7-19(18)24(20)14-17-10-8-16(3)9-11-17/h4-11,15H,12-14H2,1-3H3,(H,22,25). The summed E-state index contributed by atoms with van der Waals surface area (Å²) in [4.78, 5) is 16.6. The molecule has 0 radical (unpaired) electrons. The smallest absolute Gasteiger partial charge is 0.222 e. The van der Waals surface area contributed by atoms with Gasteiger partial charge in [-0.3, -0.25) is 4.79 Å². The van der Waals surface area contributed by atoms with Crippen molar-refractivity contribution in [2.75, 3.05) is 6.54 Å². The molecule has 4 nitrogen and oxygen atoms in total. The first-order valence-corrected chi connectivity index (χ1v) is 8.82. The van der Waals surface area contributed by atoms with Crippen LogP contribution in [0.15, 0.2) is 48.5 Å². The van der Waals surface area contributed by atoms with Crippen LogP contribution in [0.4, 0.5) is 0 Å². The molecule has 0 saturated carbocycles. The Bertz CT molecular complexity index is 862. The third kappa shape index (κ3) is 4.08. The van der Waals surface area contributed by atoms with Gasteiger partial charge in [-0.25, -0.2) is 4.98 Å². The maximum absolute atomic E-state index is 11.8. The summed E-state index contributed by atoms with van der Waals surface area (Å²) < 4.78 is 2.25. The number of imidazole rings is 1. The topological polar surface area (TPSA) is 46.9 Å². The van der Waals surface area contributed by atoms with Crippen LogP contribution in [-0.4, -0.2) is 22.0 Å². The molecule has 2 aromatic carbocycles. The number of carbonyl (C=O) groups excluding carboxylic acids is 1. The van der Waals surface area contributed by atoms with Crippen LogP contribution in [0.3, 0.4) is 0 Å². The van der Waals surface area contributed by atoms with Crippen molar-refractivity contribution >= 4 is 16.9 Å². The molecule has 1 N–H and O–H groups in total. The van der Waals surface area contributed by atoms with Crippen molar-refractivity contribution in [2.24, 2.45) is 5.92 Å². The van der Waals surface area contributed by atoms with Crippen molar-refractivity contribution in [3.63, 3.8) is 0 Å². The molecule has 0 aliphatic heterocycles. The highest BCUT2D eigenvalue weighted by molar-refractivity contribution is 5.78. The second kappa shape index (κ2) is 7.51. The van der Waals surface area contributed by atoms with Crippen LogP contribution in [0.25, 0.3) is 11.0 Å². The van der Waals surface area contributed by atoms with Gasteiger partial charge in [0.25, 0.3) is 0 Å². The summed E-state index contributed by atoms with van der Waals surface area (Å²) in [7, 11) is 0. The zero-order valence-corrected chi connectivity index (χ0v) is 15.1. The van der Waals surface area contributed by atoms with E-state index in [1.165, 1.54) is 11.1 Å². The van der Waals surface area contributed by atoms with E-state index in [2.05, 4.69) is 47.1 Å². The van der Waals surface area contributed by atoms with Gasteiger partial charge in [0.2, 0.25) is 5.91 Å². The van der Waals surface area contributed by atoms with Crippen molar-refractivity contribution in [1.82, 2.24) is 14.9 Å². The minimum absolute atomic E-state index is 0.00590. The van der Waals surface area contributed by atoms with Gasteiger partial charge in [0.05, 0.1) is 11.0 Å². The highest BCUT2D eigenvalue weighted by Crippen LogP contribution is 2.18. The molecule has 0 fully saturated rings. The molecule has 1 aromatic heterocycles. The Morgan fingerprint density at radius 2 is 1.84 bits per heavy atom. The van der Waals surface area contributed by atoms with Crippen molar-refractivity contribution in [3.8, 4) is 0 Å². The number of aromatic nitrogens is 2. The average molecular weight is 335 g/mol. The van der Waals surface area contributed by atoms with E-state index < -0.39 is 0 Å². The molecule has 130 valence electrons. The van der Waals surface area contributed by atoms with Crippen LogP contribution >= 0.6 is 0 Å². The molecule has 25 heavy (non-hydrogen) atoms. The van der Waals surface area contributed by atoms with Gasteiger partial charge in [0.15, 0.2) is 0 Å². The summed E-state index contributed by atoms with van der Waals surface area (Å²) in [5.74, 6) is 1.10. The number of nitrogens with one attached hydrogen (secondary N) is 1. The molecule has 0 aliphatic carbocycles. The third-order valence-electron chi connectivity index (χ3n) is 4.37. The first-order chi connectivity index (χ1) is 12.0. The van der Waals surface area contributed by atoms with E-state index in [1.807, 2.05) is 32.0 Å². The Kier molecular flexibility index (Phi) is 5.17. The summed E-state index contributed by atoms with van der Waals surface area (Å²) in [6.45, 7) is 7.30. The lowest BCUT2D eigenvalue weighted by Crippen LogP contribution is -2.30. The third-order valence-corrected chi connectivity index (χ3v) is 4.37. The van der Waals surface area contributed by atoms with Gasteiger partial charge in [-0.05, 0) is 24.6 Å². The highest BCUT2D eigenvalue weighted by atomic mass is 16.1. The van der Waals surface area contributed by atoms with Crippen molar-refractivity contribution < 1.29 is 4.79 Å². The van der Waals surface area contributed by atoms with E-state index >= 15 is 0 Å². The fourth-order valence-electron chi connectivity index (χ4n) is 2.87. The molecule has 3 rings (SSSR count). The minimum Gasteiger partial charge on any atom is -0.355 e. The number of hydrogen-bond donors (Lipinski definition) is 1. The summed E-state index contributed by atoms with van der Waals surface area (Å²) >= 11 is 0. The number of para-hydroxylation sites is 2. The van der Waals surface area contributed by atoms with Crippen molar-refractivity contribution in [3.05, 3.63) is 65.5 Å². The largest absolute Gasteiger partial charge is 0.355 e. The first kappa shape index (κ1) is 17.2. The van der Waals surface area contributed by atoms with E-state index in [-0.39, 0.29) is 11.8 Å². The lowest BCUT2D eigenvalue weighted by molar-refractivity contribution is -0.123.